The third-order valence-electron chi connectivity index (χ3n) is 3.74. The van der Waals surface area contributed by atoms with Gasteiger partial charge in [0, 0.05) is 17.3 Å². The highest BCUT2D eigenvalue weighted by Crippen LogP contribution is 2.25. The van der Waals surface area contributed by atoms with Crippen LogP contribution in [0.2, 0.25) is 0 Å². The minimum absolute atomic E-state index is 0.333. The number of benzene rings is 1. The molecule has 0 aliphatic carbocycles. The molecule has 21 heavy (non-hydrogen) atoms. The molecule has 2 rings (SSSR count). The number of amides is 1. The number of aryl methyl sites for hydroxylation is 1. The van der Waals surface area contributed by atoms with Crippen LogP contribution in [0, 0.1) is 6.92 Å². The van der Waals surface area contributed by atoms with Crippen molar-refractivity contribution in [3.05, 3.63) is 53.2 Å². The number of rotatable bonds is 4. The second-order valence-corrected chi connectivity index (χ2v) is 5.47. The molecule has 0 spiro atoms. The molecule has 0 saturated heterocycles. The van der Waals surface area contributed by atoms with E-state index in [-0.39, 0.29) is 0 Å². The summed E-state index contributed by atoms with van der Waals surface area (Å²) in [4.78, 5) is 18.2. The lowest BCUT2D eigenvalue weighted by molar-refractivity contribution is 0.100. The molecule has 2 aromatic rings. The first-order valence-electron chi connectivity index (χ1n) is 6.94. The second-order valence-electron chi connectivity index (χ2n) is 5.47. The van der Waals surface area contributed by atoms with Crippen LogP contribution in [0.5, 0.6) is 0 Å². The van der Waals surface area contributed by atoms with Crippen molar-refractivity contribution < 1.29 is 4.79 Å². The Bertz CT molecular complexity index is 648. The molecule has 2 N–H and O–H groups in total. The van der Waals surface area contributed by atoms with Crippen LogP contribution < -0.4 is 5.73 Å². The summed E-state index contributed by atoms with van der Waals surface area (Å²) in [6.07, 6.45) is 0. The minimum atomic E-state index is -0.455. The summed E-state index contributed by atoms with van der Waals surface area (Å²) in [6, 6.07) is 12.0. The van der Waals surface area contributed by atoms with Crippen molar-refractivity contribution in [1.82, 2.24) is 9.88 Å². The van der Waals surface area contributed by atoms with Gasteiger partial charge < -0.3 is 10.6 Å². The van der Waals surface area contributed by atoms with Gasteiger partial charge in [0.2, 0.25) is 0 Å². The normalized spacial score (nSPS) is 12.4. The van der Waals surface area contributed by atoms with Gasteiger partial charge in [-0.25, -0.2) is 0 Å². The molecule has 1 atom stereocenters. The fourth-order valence-electron chi connectivity index (χ4n) is 2.19. The number of nitrogens with zero attached hydrogens (tertiary/aromatic N) is 2. The van der Waals surface area contributed by atoms with E-state index in [1.807, 2.05) is 33.2 Å². The summed E-state index contributed by atoms with van der Waals surface area (Å²) in [5, 5.41) is 0. The summed E-state index contributed by atoms with van der Waals surface area (Å²) >= 11 is 0. The van der Waals surface area contributed by atoms with Crippen molar-refractivity contribution in [2.24, 2.45) is 5.73 Å². The van der Waals surface area contributed by atoms with Crippen LogP contribution in [-0.4, -0.2) is 29.9 Å². The maximum Gasteiger partial charge on any atom is 0.250 e. The molecular formula is C17H21N3O. The van der Waals surface area contributed by atoms with Gasteiger partial charge in [-0.15, -0.1) is 0 Å². The third kappa shape index (κ3) is 3.28. The number of carbonyl (C=O) groups is 1. The maximum atomic E-state index is 11.5. The molecule has 0 saturated carbocycles. The SMILES string of the molecule is Cc1ccc(C(N)=O)c(-c2ccc([C@@H](C)N(C)C)cc2)n1. The highest BCUT2D eigenvalue weighted by Gasteiger charge is 2.13. The molecule has 1 amide bonds. The first-order valence-corrected chi connectivity index (χ1v) is 6.94. The maximum absolute atomic E-state index is 11.5. The smallest absolute Gasteiger partial charge is 0.250 e. The minimum Gasteiger partial charge on any atom is -0.366 e. The molecule has 0 fully saturated rings. The lowest BCUT2D eigenvalue weighted by Crippen LogP contribution is -2.16. The Kier molecular flexibility index (Phi) is 4.38. The number of hydrogen-bond acceptors (Lipinski definition) is 3. The third-order valence-corrected chi connectivity index (χ3v) is 3.74. The number of aromatic nitrogens is 1. The fraction of sp³-hybridized carbons (Fsp3) is 0.294. The molecule has 0 unspecified atom stereocenters. The van der Waals surface area contributed by atoms with E-state index in [1.165, 1.54) is 5.56 Å². The highest BCUT2D eigenvalue weighted by molar-refractivity contribution is 5.98. The fourth-order valence-corrected chi connectivity index (χ4v) is 2.19. The molecule has 0 radical (unpaired) electrons. The predicted octanol–water partition coefficient (Wildman–Crippen LogP) is 2.78. The Morgan fingerprint density at radius 3 is 2.29 bits per heavy atom. The zero-order valence-electron chi connectivity index (χ0n) is 12.9. The first-order chi connectivity index (χ1) is 9.90. The van der Waals surface area contributed by atoms with Gasteiger partial charge >= 0.3 is 0 Å². The zero-order valence-corrected chi connectivity index (χ0v) is 12.9. The quantitative estimate of drug-likeness (QED) is 0.938. The Morgan fingerprint density at radius 2 is 1.76 bits per heavy atom. The molecule has 4 heteroatoms. The van der Waals surface area contributed by atoms with Crippen molar-refractivity contribution in [1.29, 1.82) is 0 Å². The number of carbonyl (C=O) groups excluding carboxylic acids is 1. The van der Waals surface area contributed by atoms with Crippen molar-refractivity contribution in [3.8, 4) is 11.3 Å². The molecular weight excluding hydrogens is 262 g/mol. The van der Waals surface area contributed by atoms with E-state index in [9.17, 15) is 4.79 Å². The van der Waals surface area contributed by atoms with Crippen LogP contribution in [0.4, 0.5) is 0 Å². The van der Waals surface area contributed by atoms with E-state index in [0.29, 0.717) is 17.3 Å². The molecule has 1 aromatic carbocycles. The molecule has 0 bridgehead atoms. The summed E-state index contributed by atoms with van der Waals surface area (Å²) in [5.74, 6) is -0.455. The molecule has 4 nitrogen and oxygen atoms in total. The first kappa shape index (κ1) is 15.2. The van der Waals surface area contributed by atoms with Crippen LogP contribution >= 0.6 is 0 Å². The van der Waals surface area contributed by atoms with E-state index >= 15 is 0 Å². The Labute approximate surface area is 125 Å². The number of primary amides is 1. The molecule has 1 heterocycles. The largest absolute Gasteiger partial charge is 0.366 e. The van der Waals surface area contributed by atoms with Crippen LogP contribution in [0.15, 0.2) is 36.4 Å². The Morgan fingerprint density at radius 1 is 1.14 bits per heavy atom. The number of hydrogen-bond donors (Lipinski definition) is 1. The van der Waals surface area contributed by atoms with Gasteiger partial charge in [-0.3, -0.25) is 9.78 Å². The molecule has 0 aliphatic heterocycles. The van der Waals surface area contributed by atoms with Crippen LogP contribution in [0.25, 0.3) is 11.3 Å². The van der Waals surface area contributed by atoms with E-state index in [2.05, 4.69) is 28.9 Å². The molecule has 110 valence electrons. The monoisotopic (exact) mass is 283 g/mol. The highest BCUT2D eigenvalue weighted by atomic mass is 16.1. The number of pyridine rings is 1. The molecule has 0 aliphatic rings. The second kappa shape index (κ2) is 6.06. The molecule has 1 aromatic heterocycles. The van der Waals surface area contributed by atoms with Crippen molar-refractivity contribution in [2.75, 3.05) is 14.1 Å². The van der Waals surface area contributed by atoms with E-state index in [0.717, 1.165) is 11.3 Å². The van der Waals surface area contributed by atoms with E-state index in [1.54, 1.807) is 12.1 Å². The van der Waals surface area contributed by atoms with Gasteiger partial charge in [0.05, 0.1) is 11.3 Å². The topological polar surface area (TPSA) is 59.2 Å². The van der Waals surface area contributed by atoms with Gasteiger partial charge in [-0.05, 0) is 45.6 Å². The summed E-state index contributed by atoms with van der Waals surface area (Å²) in [5.41, 5.74) is 9.52. The Hall–Kier alpha value is -2.20. The van der Waals surface area contributed by atoms with Crippen molar-refractivity contribution >= 4 is 5.91 Å². The van der Waals surface area contributed by atoms with Gasteiger partial charge in [0.15, 0.2) is 0 Å². The van der Waals surface area contributed by atoms with Crippen LogP contribution in [0.1, 0.15) is 34.6 Å². The van der Waals surface area contributed by atoms with Gasteiger partial charge in [-0.2, -0.15) is 0 Å². The predicted molar refractivity (Wildman–Crippen MR) is 85.0 cm³/mol. The van der Waals surface area contributed by atoms with E-state index < -0.39 is 5.91 Å². The van der Waals surface area contributed by atoms with Crippen molar-refractivity contribution in [2.45, 2.75) is 19.9 Å². The van der Waals surface area contributed by atoms with Gasteiger partial charge in [-0.1, -0.05) is 24.3 Å². The van der Waals surface area contributed by atoms with Crippen LogP contribution in [-0.2, 0) is 0 Å². The summed E-state index contributed by atoms with van der Waals surface area (Å²) in [7, 11) is 4.10. The Balaban J connectivity index is 2.44. The average Bonchev–Trinajstić information content (AvgIpc) is 2.46. The van der Waals surface area contributed by atoms with E-state index in [4.69, 9.17) is 5.73 Å². The van der Waals surface area contributed by atoms with Gasteiger partial charge in [0.25, 0.3) is 5.91 Å². The van der Waals surface area contributed by atoms with Crippen LogP contribution in [0.3, 0.4) is 0 Å². The average molecular weight is 283 g/mol. The standard InChI is InChI=1S/C17H21N3O/c1-11-5-10-15(17(18)21)16(19-11)14-8-6-13(7-9-14)12(2)20(3)4/h5-10,12H,1-4H3,(H2,18,21)/t12-/m1/s1. The summed E-state index contributed by atoms with van der Waals surface area (Å²) in [6.45, 7) is 4.05. The zero-order chi connectivity index (χ0) is 15.6. The lowest BCUT2D eigenvalue weighted by Gasteiger charge is -2.20. The summed E-state index contributed by atoms with van der Waals surface area (Å²) < 4.78 is 0. The van der Waals surface area contributed by atoms with Gasteiger partial charge in [0.1, 0.15) is 0 Å². The lowest BCUT2D eigenvalue weighted by atomic mass is 10.0. The number of nitrogens with two attached hydrogens (primary N) is 1. The van der Waals surface area contributed by atoms with Crippen molar-refractivity contribution in [3.63, 3.8) is 0 Å².